The Balaban J connectivity index is 2.67. The Morgan fingerprint density at radius 3 is 1.81 bits per heavy atom. The van der Waals surface area contributed by atoms with Crippen LogP contribution in [0.2, 0.25) is 0 Å². The summed E-state index contributed by atoms with van der Waals surface area (Å²) < 4.78 is 21.8. The van der Waals surface area contributed by atoms with Crippen molar-refractivity contribution in [2.75, 3.05) is 90.5 Å². The maximum absolute atomic E-state index is 14.9. The lowest BCUT2D eigenvalue weighted by Gasteiger charge is -2.44. The first kappa shape index (κ1) is 39.6. The molecule has 42 heavy (non-hydrogen) atoms. The minimum Gasteiger partial charge on any atom is -0.304 e. The minimum atomic E-state index is -2.79. The van der Waals surface area contributed by atoms with E-state index in [1.54, 1.807) is 0 Å². The van der Waals surface area contributed by atoms with Crippen LogP contribution in [0.1, 0.15) is 93.9 Å². The second-order valence-corrected chi connectivity index (χ2v) is 16.0. The Bertz CT molecular complexity index is 825. The highest BCUT2D eigenvalue weighted by atomic mass is 32.2. The fourth-order valence-corrected chi connectivity index (χ4v) is 9.87. The molecule has 1 heterocycles. The fourth-order valence-electron chi connectivity index (χ4n) is 5.61. The number of hydrogen-bond donors (Lipinski definition) is 0. The summed E-state index contributed by atoms with van der Waals surface area (Å²) in [4.78, 5) is 5.00. The highest BCUT2D eigenvalue weighted by Gasteiger charge is 2.40. The highest BCUT2D eigenvalue weighted by molar-refractivity contribution is 7.99. The maximum atomic E-state index is 14.9. The van der Waals surface area contributed by atoms with Crippen LogP contribution in [0.4, 0.5) is 0 Å². The van der Waals surface area contributed by atoms with Crippen LogP contribution in [-0.4, -0.2) is 114 Å². The van der Waals surface area contributed by atoms with E-state index in [1.807, 2.05) is 11.8 Å². The molecule has 1 fully saturated rings. The van der Waals surface area contributed by atoms with Gasteiger partial charge in [-0.25, -0.2) is 14.0 Å². The molecule has 0 aromatic rings. The predicted octanol–water partition coefficient (Wildman–Crippen LogP) is 8.26. The van der Waals surface area contributed by atoms with E-state index in [0.717, 1.165) is 116 Å². The van der Waals surface area contributed by atoms with Crippen molar-refractivity contribution < 1.29 is 4.57 Å². The average molecular weight is 626 g/mol. The number of rotatable bonds is 23. The van der Waals surface area contributed by atoms with Gasteiger partial charge < -0.3 is 9.80 Å². The van der Waals surface area contributed by atoms with Crippen LogP contribution in [0.25, 0.3) is 0 Å². The summed E-state index contributed by atoms with van der Waals surface area (Å²) in [6, 6.07) is 0. The van der Waals surface area contributed by atoms with Crippen molar-refractivity contribution >= 4 is 19.4 Å². The van der Waals surface area contributed by atoms with Crippen LogP contribution < -0.4 is 0 Å². The van der Waals surface area contributed by atoms with Gasteiger partial charge in [-0.3, -0.25) is 4.57 Å². The van der Waals surface area contributed by atoms with Gasteiger partial charge in [-0.05, 0) is 85.6 Å². The third kappa shape index (κ3) is 15.1. The second kappa shape index (κ2) is 23.0. The van der Waals surface area contributed by atoms with Gasteiger partial charge in [-0.15, -0.1) is 0 Å². The van der Waals surface area contributed by atoms with Crippen molar-refractivity contribution in [1.82, 2.24) is 23.8 Å². The lowest BCUT2D eigenvalue weighted by atomic mass is 10.1. The van der Waals surface area contributed by atoms with Crippen LogP contribution in [0.5, 0.6) is 0 Å². The van der Waals surface area contributed by atoms with E-state index in [1.165, 1.54) is 23.1 Å². The van der Waals surface area contributed by atoms with Crippen molar-refractivity contribution in [3.05, 3.63) is 34.9 Å². The van der Waals surface area contributed by atoms with Crippen LogP contribution in [-0.2, 0) is 4.57 Å². The molecule has 0 radical (unpaired) electrons. The maximum Gasteiger partial charge on any atom is 0.286 e. The van der Waals surface area contributed by atoms with Gasteiger partial charge in [0, 0.05) is 71.2 Å². The summed E-state index contributed by atoms with van der Waals surface area (Å²) in [7, 11) is -0.576. The molecular formula is C34H68N5OPS. The van der Waals surface area contributed by atoms with E-state index in [-0.39, 0.29) is 0 Å². The Labute approximate surface area is 266 Å². The zero-order valence-electron chi connectivity index (χ0n) is 29.2. The minimum absolute atomic E-state index is 0.822. The first-order valence-corrected chi connectivity index (χ1v) is 19.6. The third-order valence-electron chi connectivity index (χ3n) is 8.43. The molecule has 0 N–H and O–H groups in total. The number of thioether (sulfide) groups is 1. The summed E-state index contributed by atoms with van der Waals surface area (Å²) in [5.74, 6) is 2.18. The van der Waals surface area contributed by atoms with E-state index in [9.17, 15) is 4.57 Å². The Kier molecular flexibility index (Phi) is 21.7. The smallest absolute Gasteiger partial charge is 0.286 e. The summed E-state index contributed by atoms with van der Waals surface area (Å²) >= 11 is 2.02. The van der Waals surface area contributed by atoms with Gasteiger partial charge in [0.15, 0.2) is 0 Å². The normalized spacial score (nSPS) is 16.3. The molecule has 0 aliphatic carbocycles. The zero-order valence-corrected chi connectivity index (χ0v) is 30.9. The molecule has 8 heteroatoms. The lowest BCUT2D eigenvalue weighted by molar-refractivity contribution is 0.149. The molecule has 1 rings (SSSR count). The zero-order chi connectivity index (χ0) is 31.4. The van der Waals surface area contributed by atoms with Gasteiger partial charge >= 0.3 is 0 Å². The molecule has 0 aromatic heterocycles. The fraction of sp³-hybridized carbons (Fsp3) is 0.824. The van der Waals surface area contributed by atoms with Gasteiger partial charge in [0.1, 0.15) is 0 Å². The highest BCUT2D eigenvalue weighted by Crippen LogP contribution is 2.56. The molecule has 1 aliphatic rings. The molecule has 0 bridgehead atoms. The Morgan fingerprint density at radius 2 is 1.26 bits per heavy atom. The summed E-state index contributed by atoms with van der Waals surface area (Å²) in [6.07, 6.45) is 13.9. The van der Waals surface area contributed by atoms with E-state index < -0.39 is 7.59 Å². The lowest BCUT2D eigenvalue weighted by Crippen LogP contribution is -2.46. The molecule has 0 amide bonds. The van der Waals surface area contributed by atoms with E-state index in [2.05, 4.69) is 104 Å². The van der Waals surface area contributed by atoms with Crippen molar-refractivity contribution in [2.45, 2.75) is 93.9 Å². The van der Waals surface area contributed by atoms with Crippen LogP contribution in [0.15, 0.2) is 34.9 Å². The SMILES string of the molecule is CCN(CC)P(=O)(N(CC)CC)N(CCCSC/C=C(\C)CC/C=C(\C)CCC=C(C)C)CCCN1CCN(C)CC1. The molecule has 246 valence electrons. The van der Waals surface area contributed by atoms with Crippen molar-refractivity contribution in [1.29, 1.82) is 0 Å². The van der Waals surface area contributed by atoms with E-state index >= 15 is 0 Å². The summed E-state index contributed by atoms with van der Waals surface area (Å²) in [5, 5.41) is 0. The number of allylic oxidation sites excluding steroid dienone is 5. The first-order valence-electron chi connectivity index (χ1n) is 16.9. The van der Waals surface area contributed by atoms with E-state index in [4.69, 9.17) is 0 Å². The van der Waals surface area contributed by atoms with Crippen molar-refractivity contribution in [3.63, 3.8) is 0 Å². The van der Waals surface area contributed by atoms with Gasteiger partial charge in [-0.1, -0.05) is 62.6 Å². The van der Waals surface area contributed by atoms with Crippen molar-refractivity contribution in [3.8, 4) is 0 Å². The molecule has 1 saturated heterocycles. The third-order valence-corrected chi connectivity index (χ3v) is 13.2. The Morgan fingerprint density at radius 1 is 0.738 bits per heavy atom. The number of nitrogens with zero attached hydrogens (tertiary/aromatic N) is 5. The number of likely N-dealkylation sites (N-methyl/N-ethyl adjacent to an activating group) is 1. The first-order chi connectivity index (χ1) is 20.1. The summed E-state index contributed by atoms with van der Waals surface area (Å²) in [5.41, 5.74) is 4.42. The van der Waals surface area contributed by atoms with Gasteiger partial charge in [0.25, 0.3) is 7.59 Å². The molecule has 1 aliphatic heterocycles. The molecule has 0 atom stereocenters. The Hall–Kier alpha value is -0.400. The monoisotopic (exact) mass is 625 g/mol. The quantitative estimate of drug-likeness (QED) is 0.0642. The van der Waals surface area contributed by atoms with Gasteiger partial charge in [-0.2, -0.15) is 11.8 Å². The molecule has 0 unspecified atom stereocenters. The summed E-state index contributed by atoms with van der Waals surface area (Å²) in [6.45, 7) is 28.3. The average Bonchev–Trinajstić information content (AvgIpc) is 2.95. The molecule has 0 spiro atoms. The van der Waals surface area contributed by atoms with Gasteiger partial charge in [0.2, 0.25) is 0 Å². The number of hydrogen-bond acceptors (Lipinski definition) is 4. The van der Waals surface area contributed by atoms with Crippen LogP contribution in [0.3, 0.4) is 0 Å². The molecular weight excluding hydrogens is 557 g/mol. The van der Waals surface area contributed by atoms with Crippen LogP contribution >= 0.6 is 19.4 Å². The van der Waals surface area contributed by atoms with Gasteiger partial charge in [0.05, 0.1) is 0 Å². The molecule has 0 saturated carbocycles. The largest absolute Gasteiger partial charge is 0.304 e. The predicted molar refractivity (Wildman–Crippen MR) is 191 cm³/mol. The standard InChI is InChI=1S/C34H68N5OPS/c1-10-37(11-2)41(40,38(12-3)13-4)39(24-16-23-36-28-26-35(9)27-29-36)25-17-30-42-31-22-34(8)21-15-20-33(7)19-14-18-32(5)6/h18,20,22H,10-17,19,21,23-31H2,1-9H3/b33-20+,34-22+. The van der Waals surface area contributed by atoms with E-state index in [0.29, 0.717) is 0 Å². The number of piperazine rings is 1. The topological polar surface area (TPSA) is 33.3 Å². The second-order valence-electron chi connectivity index (χ2n) is 12.1. The molecule has 0 aromatic carbocycles. The van der Waals surface area contributed by atoms with Crippen molar-refractivity contribution in [2.24, 2.45) is 0 Å². The molecule has 6 nitrogen and oxygen atoms in total. The van der Waals surface area contributed by atoms with Crippen LogP contribution in [0, 0.1) is 0 Å².